The largest absolute Gasteiger partial charge is 0.416 e. The maximum Gasteiger partial charge on any atom is 0.416 e. The first-order valence-electron chi connectivity index (χ1n) is 7.68. The van der Waals surface area contributed by atoms with Gasteiger partial charge < -0.3 is 10.1 Å². The highest BCUT2D eigenvalue weighted by atomic mass is 19.4. The summed E-state index contributed by atoms with van der Waals surface area (Å²) in [7, 11) is 1.43. The third-order valence-electron chi connectivity index (χ3n) is 4.00. The topological polar surface area (TPSA) is 91.7 Å². The Kier molecular flexibility index (Phi) is 4.59. The normalized spacial score (nSPS) is 12.4. The van der Waals surface area contributed by atoms with Crippen LogP contribution in [0.4, 0.5) is 32.2 Å². The average molecular weight is 420 g/mol. The van der Waals surface area contributed by atoms with Gasteiger partial charge in [0.15, 0.2) is 5.82 Å². The molecule has 0 unspecified atom stereocenters. The number of nitro groups is 1. The van der Waals surface area contributed by atoms with Gasteiger partial charge in [-0.05, 0) is 28.1 Å². The lowest BCUT2D eigenvalue weighted by Crippen LogP contribution is -2.11. The van der Waals surface area contributed by atoms with Gasteiger partial charge in [0, 0.05) is 19.5 Å². The molecular formula is C15H10F6N6O2. The summed E-state index contributed by atoms with van der Waals surface area (Å²) in [5, 5.41) is 15.0. The van der Waals surface area contributed by atoms with Crippen LogP contribution < -0.4 is 0 Å². The van der Waals surface area contributed by atoms with E-state index in [0.29, 0.717) is 12.1 Å². The Morgan fingerprint density at radius 2 is 1.59 bits per heavy atom. The lowest BCUT2D eigenvalue weighted by molar-refractivity contribution is -0.389. The first-order valence-corrected chi connectivity index (χ1v) is 7.68. The van der Waals surface area contributed by atoms with Crippen molar-refractivity contribution in [2.24, 2.45) is 7.05 Å². The zero-order valence-corrected chi connectivity index (χ0v) is 14.6. The molecule has 0 saturated heterocycles. The molecule has 8 nitrogen and oxygen atoms in total. The predicted octanol–water partition coefficient (Wildman–Crippen LogP) is 3.92. The van der Waals surface area contributed by atoms with E-state index in [1.165, 1.54) is 18.5 Å². The van der Waals surface area contributed by atoms with Gasteiger partial charge in [0.2, 0.25) is 11.6 Å². The highest BCUT2D eigenvalue weighted by Crippen LogP contribution is 2.38. The number of aromatic nitrogens is 5. The molecule has 3 aromatic rings. The van der Waals surface area contributed by atoms with Crippen LogP contribution >= 0.6 is 0 Å². The first kappa shape index (κ1) is 20.3. The van der Waals surface area contributed by atoms with Crippen molar-refractivity contribution in [2.45, 2.75) is 19.3 Å². The Morgan fingerprint density at radius 3 is 2.07 bits per heavy atom. The second-order valence-electron chi connectivity index (χ2n) is 5.93. The molecule has 0 amide bonds. The number of imidazole rings is 1. The van der Waals surface area contributed by atoms with E-state index in [2.05, 4.69) is 15.1 Å². The fourth-order valence-corrected chi connectivity index (χ4v) is 2.54. The number of benzene rings is 1. The Labute approximate surface area is 157 Å². The molecule has 2 aromatic heterocycles. The number of hydrogen-bond donors (Lipinski definition) is 0. The minimum atomic E-state index is -5.03. The van der Waals surface area contributed by atoms with Gasteiger partial charge in [0.05, 0.1) is 11.1 Å². The molecule has 0 fully saturated rings. The highest BCUT2D eigenvalue weighted by molar-refractivity contribution is 5.58. The van der Waals surface area contributed by atoms with Crippen LogP contribution in [0.5, 0.6) is 0 Å². The Morgan fingerprint density at radius 1 is 1.03 bits per heavy atom. The molecule has 3 rings (SSSR count). The SMILES string of the molecule is Cc1nc([N+](=O)[O-])c(-n2cnc(-c3cc(C(F)(F)F)cc(C(F)(F)F)c3)n2)n1C. The van der Waals surface area contributed by atoms with Gasteiger partial charge in [0.1, 0.15) is 6.33 Å². The standard InChI is InChI=1S/C15H10F6N6O2/c1-7-23-12(27(28)29)13(25(7)2)26-6-22-11(24-26)8-3-9(14(16,17)18)5-10(4-8)15(19,20)21/h3-6H,1-2H3. The number of aryl methyl sites for hydroxylation is 1. The lowest BCUT2D eigenvalue weighted by atomic mass is 10.0. The number of nitrogens with zero attached hydrogens (tertiary/aromatic N) is 6. The molecule has 29 heavy (non-hydrogen) atoms. The van der Waals surface area contributed by atoms with E-state index in [1.807, 2.05) is 0 Å². The molecule has 0 bridgehead atoms. The number of halogens is 6. The minimum absolute atomic E-state index is 0.0180. The van der Waals surface area contributed by atoms with Crippen molar-refractivity contribution >= 4 is 5.82 Å². The van der Waals surface area contributed by atoms with E-state index < -0.39 is 45.6 Å². The van der Waals surface area contributed by atoms with Crippen molar-refractivity contribution in [1.82, 2.24) is 24.3 Å². The lowest BCUT2D eigenvalue weighted by Gasteiger charge is -2.13. The molecule has 1 aromatic carbocycles. The number of rotatable bonds is 3. The summed E-state index contributed by atoms with van der Waals surface area (Å²) in [5.74, 6) is -0.993. The average Bonchev–Trinajstić information content (AvgIpc) is 3.18. The summed E-state index contributed by atoms with van der Waals surface area (Å²) in [6.07, 6.45) is -9.13. The van der Waals surface area contributed by atoms with Gasteiger partial charge in [0.25, 0.3) is 0 Å². The van der Waals surface area contributed by atoms with Crippen LogP contribution in [0.1, 0.15) is 17.0 Å². The molecule has 14 heteroatoms. The maximum atomic E-state index is 13.0. The van der Waals surface area contributed by atoms with Gasteiger partial charge in [-0.25, -0.2) is 4.98 Å². The van der Waals surface area contributed by atoms with Crippen LogP contribution in [0.2, 0.25) is 0 Å². The van der Waals surface area contributed by atoms with Crippen molar-refractivity contribution in [2.75, 3.05) is 0 Å². The quantitative estimate of drug-likeness (QED) is 0.364. The van der Waals surface area contributed by atoms with Crippen molar-refractivity contribution in [3.8, 4) is 17.2 Å². The predicted molar refractivity (Wildman–Crippen MR) is 85.0 cm³/mol. The molecule has 0 radical (unpaired) electrons. The molecule has 0 spiro atoms. The summed E-state index contributed by atoms with van der Waals surface area (Å²) in [6.45, 7) is 1.47. The second kappa shape index (κ2) is 6.56. The van der Waals surface area contributed by atoms with Gasteiger partial charge in [-0.2, -0.15) is 31.0 Å². The second-order valence-corrected chi connectivity index (χ2v) is 5.93. The summed E-state index contributed by atoms with van der Waals surface area (Å²) in [4.78, 5) is 17.8. The number of alkyl halides is 6. The van der Waals surface area contributed by atoms with Crippen molar-refractivity contribution in [3.63, 3.8) is 0 Å². The summed E-state index contributed by atoms with van der Waals surface area (Å²) in [5.41, 5.74) is -3.60. The van der Waals surface area contributed by atoms with Gasteiger partial charge in [-0.15, -0.1) is 5.10 Å². The highest BCUT2D eigenvalue weighted by Gasteiger charge is 2.37. The van der Waals surface area contributed by atoms with Gasteiger partial charge in [-0.3, -0.25) is 4.57 Å². The zero-order chi connectivity index (χ0) is 21.7. The van der Waals surface area contributed by atoms with Gasteiger partial charge >= 0.3 is 18.2 Å². The van der Waals surface area contributed by atoms with E-state index in [9.17, 15) is 36.5 Å². The summed E-state index contributed by atoms with van der Waals surface area (Å²) >= 11 is 0. The van der Waals surface area contributed by atoms with E-state index in [0.717, 1.165) is 11.0 Å². The van der Waals surface area contributed by atoms with E-state index >= 15 is 0 Å². The molecule has 0 aliphatic rings. The fraction of sp³-hybridized carbons (Fsp3) is 0.267. The molecule has 2 heterocycles. The molecule has 0 atom stereocenters. The van der Waals surface area contributed by atoms with Crippen LogP contribution in [0.3, 0.4) is 0 Å². The maximum absolute atomic E-state index is 13.0. The molecule has 0 N–H and O–H groups in total. The van der Waals surface area contributed by atoms with Crippen molar-refractivity contribution < 1.29 is 31.3 Å². The fourth-order valence-electron chi connectivity index (χ4n) is 2.54. The summed E-state index contributed by atoms with van der Waals surface area (Å²) in [6, 6.07) is 0.922. The summed E-state index contributed by atoms with van der Waals surface area (Å²) < 4.78 is 80.3. The Hall–Kier alpha value is -3.45. The third kappa shape index (κ3) is 3.77. The molecule has 0 aliphatic heterocycles. The van der Waals surface area contributed by atoms with Crippen LogP contribution in [0, 0.1) is 17.0 Å². The smallest absolute Gasteiger partial charge is 0.358 e. The van der Waals surface area contributed by atoms with Crippen molar-refractivity contribution in [3.05, 3.63) is 51.6 Å². The first-order chi connectivity index (χ1) is 13.3. The van der Waals surface area contributed by atoms with E-state index in [1.54, 1.807) is 0 Å². The van der Waals surface area contributed by atoms with Crippen LogP contribution in [-0.4, -0.2) is 29.2 Å². The monoisotopic (exact) mass is 420 g/mol. The zero-order valence-electron chi connectivity index (χ0n) is 14.6. The number of hydrogen-bond acceptors (Lipinski definition) is 5. The third-order valence-corrected chi connectivity index (χ3v) is 4.00. The minimum Gasteiger partial charge on any atom is -0.358 e. The van der Waals surface area contributed by atoms with E-state index in [4.69, 9.17) is 0 Å². The Balaban J connectivity index is 2.16. The molecule has 0 aliphatic carbocycles. The van der Waals surface area contributed by atoms with Crippen molar-refractivity contribution in [1.29, 1.82) is 0 Å². The van der Waals surface area contributed by atoms with Crippen LogP contribution in [-0.2, 0) is 19.4 Å². The Bertz CT molecular complexity index is 1070. The van der Waals surface area contributed by atoms with Gasteiger partial charge in [-0.1, -0.05) is 0 Å². The van der Waals surface area contributed by atoms with E-state index in [-0.39, 0.29) is 17.7 Å². The van der Waals surface area contributed by atoms with Crippen LogP contribution in [0.15, 0.2) is 24.5 Å². The van der Waals surface area contributed by atoms with Crippen LogP contribution in [0.25, 0.3) is 17.2 Å². The molecular weight excluding hydrogens is 410 g/mol. The molecule has 0 saturated carbocycles. The molecule has 154 valence electrons.